The Bertz CT molecular complexity index is 1660. The third kappa shape index (κ3) is 6.91. The number of aryl methyl sites for hydroxylation is 1. The van der Waals surface area contributed by atoms with Crippen molar-refractivity contribution in [3.8, 4) is 17.2 Å². The van der Waals surface area contributed by atoms with Gasteiger partial charge in [0.1, 0.15) is 23.9 Å². The molecule has 6 nitrogen and oxygen atoms in total. The Hall–Kier alpha value is -4.18. The first-order chi connectivity index (χ1) is 20.5. The molecule has 0 spiro atoms. The molecule has 43 heavy (non-hydrogen) atoms. The van der Waals surface area contributed by atoms with Crippen molar-refractivity contribution in [3.63, 3.8) is 0 Å². The van der Waals surface area contributed by atoms with E-state index in [1.165, 1.54) is 36.4 Å². The minimum atomic E-state index is -5.06. The summed E-state index contributed by atoms with van der Waals surface area (Å²) in [6.07, 6.45) is -1.54. The number of fused-ring (bicyclic) bond motifs is 1. The Kier molecular flexibility index (Phi) is 8.87. The highest BCUT2D eigenvalue weighted by Gasteiger charge is 2.41. The first-order valence-electron chi connectivity index (χ1n) is 14.3. The number of hydrogen-bond donors (Lipinski definition) is 1. The third-order valence-electron chi connectivity index (χ3n) is 7.71. The number of halogens is 4. The van der Waals surface area contributed by atoms with Crippen molar-refractivity contribution in [2.45, 2.75) is 52.3 Å². The van der Waals surface area contributed by atoms with Crippen LogP contribution in [0.5, 0.6) is 17.2 Å². The number of carbonyl (C=O) groups is 1. The molecular formula is C33H32F4NO5+. The Labute approximate surface area is 245 Å². The van der Waals surface area contributed by atoms with Gasteiger partial charge in [0.05, 0.1) is 29.6 Å². The van der Waals surface area contributed by atoms with Gasteiger partial charge in [-0.1, -0.05) is 32.4 Å². The van der Waals surface area contributed by atoms with Crippen molar-refractivity contribution >= 4 is 16.9 Å². The highest BCUT2D eigenvalue weighted by Crippen LogP contribution is 2.40. The summed E-state index contributed by atoms with van der Waals surface area (Å²) in [5.41, 5.74) is -0.114. The number of alkyl halides is 3. The van der Waals surface area contributed by atoms with Crippen LogP contribution in [0, 0.1) is 11.7 Å². The van der Waals surface area contributed by atoms with Crippen molar-refractivity contribution < 1.29 is 41.1 Å². The van der Waals surface area contributed by atoms with Gasteiger partial charge in [0.25, 0.3) is 5.76 Å². The summed E-state index contributed by atoms with van der Waals surface area (Å²) in [7, 11) is 0. The summed E-state index contributed by atoms with van der Waals surface area (Å²) in [5, 5.41) is -0.132. The molecule has 1 aliphatic rings. The molecule has 0 atom stereocenters. The lowest BCUT2D eigenvalue weighted by Crippen LogP contribution is -3.11. The standard InChI is InChI=1S/C33H31F4NO5/c1-3-4-21-5-11-24(12-6-21)41-30-28(39)25-13-14-27(42-32(40)22-7-9-23(34)10-8-22)26(19-38-17-15-20(2)16-18-38)29(25)43-31(30)33(35,36)37/h5-14,20H,3-4,15-19H2,1-2H3/p+1. The molecule has 0 unspecified atom stereocenters. The molecule has 1 aliphatic heterocycles. The number of nitrogens with one attached hydrogen (secondary N) is 1. The smallest absolute Gasteiger partial charge is 0.449 e. The molecule has 0 amide bonds. The average Bonchev–Trinajstić information content (AvgIpc) is 2.97. The van der Waals surface area contributed by atoms with Gasteiger partial charge in [0, 0.05) is 0 Å². The zero-order chi connectivity index (χ0) is 30.7. The van der Waals surface area contributed by atoms with Gasteiger partial charge < -0.3 is 18.8 Å². The van der Waals surface area contributed by atoms with Crippen LogP contribution in [-0.4, -0.2) is 19.1 Å². The van der Waals surface area contributed by atoms with Gasteiger partial charge in [-0.15, -0.1) is 0 Å². The van der Waals surface area contributed by atoms with E-state index in [1.807, 2.05) is 6.92 Å². The van der Waals surface area contributed by atoms with Gasteiger partial charge in [-0.2, -0.15) is 13.2 Å². The van der Waals surface area contributed by atoms with Crippen LogP contribution in [-0.2, 0) is 19.1 Å². The Morgan fingerprint density at radius 2 is 1.67 bits per heavy atom. The molecule has 1 fully saturated rings. The van der Waals surface area contributed by atoms with Gasteiger partial charge in [-0.25, -0.2) is 9.18 Å². The second-order valence-corrected chi connectivity index (χ2v) is 11.0. The number of likely N-dealkylation sites (tertiary alicyclic amines) is 1. The van der Waals surface area contributed by atoms with Crippen LogP contribution < -0.4 is 19.8 Å². The maximum atomic E-state index is 14.4. The van der Waals surface area contributed by atoms with E-state index < -0.39 is 34.9 Å². The fourth-order valence-electron chi connectivity index (χ4n) is 5.29. The van der Waals surface area contributed by atoms with E-state index in [0.29, 0.717) is 5.92 Å². The van der Waals surface area contributed by atoms with Crippen molar-refractivity contribution in [1.82, 2.24) is 0 Å². The van der Waals surface area contributed by atoms with Crippen molar-refractivity contribution in [2.24, 2.45) is 5.92 Å². The highest BCUT2D eigenvalue weighted by molar-refractivity contribution is 5.92. The molecule has 10 heteroatoms. The van der Waals surface area contributed by atoms with Crippen LogP contribution in [0.4, 0.5) is 17.6 Å². The van der Waals surface area contributed by atoms with Crippen LogP contribution in [0.3, 0.4) is 0 Å². The molecule has 226 valence electrons. The topological polar surface area (TPSA) is 70.2 Å². The second-order valence-electron chi connectivity index (χ2n) is 11.0. The van der Waals surface area contributed by atoms with Crippen LogP contribution in [0.25, 0.3) is 11.0 Å². The number of hydrogen-bond acceptors (Lipinski definition) is 5. The molecule has 0 saturated carbocycles. The minimum absolute atomic E-state index is 0.0376. The van der Waals surface area contributed by atoms with Gasteiger partial charge in [-0.3, -0.25) is 4.79 Å². The molecule has 4 aromatic rings. The zero-order valence-corrected chi connectivity index (χ0v) is 23.9. The van der Waals surface area contributed by atoms with Crippen LogP contribution in [0.1, 0.15) is 60.4 Å². The largest absolute Gasteiger partial charge is 0.453 e. The predicted octanol–water partition coefficient (Wildman–Crippen LogP) is 6.73. The molecule has 1 aromatic heterocycles. The summed E-state index contributed by atoms with van der Waals surface area (Å²) in [6, 6.07) is 13.8. The van der Waals surface area contributed by atoms with Crippen LogP contribution >= 0.6 is 0 Å². The molecule has 1 N–H and O–H groups in total. The number of quaternary nitrogens is 1. The molecule has 3 aromatic carbocycles. The Balaban J connectivity index is 1.61. The first kappa shape index (κ1) is 30.3. The summed E-state index contributed by atoms with van der Waals surface area (Å²) < 4.78 is 73.2. The maximum absolute atomic E-state index is 14.4. The van der Waals surface area contributed by atoms with Gasteiger partial charge >= 0.3 is 12.1 Å². The van der Waals surface area contributed by atoms with E-state index in [4.69, 9.17) is 13.9 Å². The lowest BCUT2D eigenvalue weighted by Gasteiger charge is -2.28. The average molecular weight is 599 g/mol. The number of piperidine rings is 1. The molecule has 5 rings (SSSR count). The fourth-order valence-corrected chi connectivity index (χ4v) is 5.29. The summed E-state index contributed by atoms with van der Waals surface area (Å²) in [4.78, 5) is 27.6. The Morgan fingerprint density at radius 3 is 2.30 bits per heavy atom. The normalized spacial score (nSPS) is 17.2. The summed E-state index contributed by atoms with van der Waals surface area (Å²) >= 11 is 0. The monoisotopic (exact) mass is 598 g/mol. The quantitative estimate of drug-likeness (QED) is 0.138. The number of rotatable bonds is 8. The van der Waals surface area contributed by atoms with Crippen LogP contribution in [0.15, 0.2) is 69.9 Å². The van der Waals surface area contributed by atoms with Crippen molar-refractivity contribution in [1.29, 1.82) is 0 Å². The van der Waals surface area contributed by atoms with Gasteiger partial charge in [0.2, 0.25) is 11.2 Å². The molecule has 0 bridgehead atoms. The van der Waals surface area contributed by atoms with E-state index >= 15 is 0 Å². The number of ether oxygens (including phenoxy) is 2. The van der Waals surface area contributed by atoms with E-state index in [-0.39, 0.29) is 40.1 Å². The Morgan fingerprint density at radius 1 is 1.00 bits per heavy atom. The first-order valence-corrected chi connectivity index (χ1v) is 14.3. The lowest BCUT2D eigenvalue weighted by molar-refractivity contribution is -0.919. The molecule has 1 saturated heterocycles. The summed E-state index contributed by atoms with van der Waals surface area (Å²) in [6.45, 7) is 5.80. The summed E-state index contributed by atoms with van der Waals surface area (Å²) in [5.74, 6) is -3.37. The maximum Gasteiger partial charge on any atom is 0.453 e. The molecule has 0 aliphatic carbocycles. The lowest BCUT2D eigenvalue weighted by atomic mass is 9.98. The zero-order valence-electron chi connectivity index (χ0n) is 23.9. The second kappa shape index (κ2) is 12.6. The molecule has 0 radical (unpaired) electrons. The van der Waals surface area contributed by atoms with Crippen LogP contribution in [0.2, 0.25) is 0 Å². The van der Waals surface area contributed by atoms with Gasteiger partial charge in [0.15, 0.2) is 5.58 Å². The molecular weight excluding hydrogens is 566 g/mol. The predicted molar refractivity (Wildman–Crippen MR) is 152 cm³/mol. The minimum Gasteiger partial charge on any atom is -0.449 e. The van der Waals surface area contributed by atoms with E-state index in [9.17, 15) is 27.2 Å². The van der Waals surface area contributed by atoms with Crippen molar-refractivity contribution in [3.05, 3.63) is 99.2 Å². The number of benzene rings is 3. The van der Waals surface area contributed by atoms with E-state index in [2.05, 4.69) is 6.92 Å². The highest BCUT2D eigenvalue weighted by atomic mass is 19.4. The molecule has 2 heterocycles. The third-order valence-corrected chi connectivity index (χ3v) is 7.71. The fraction of sp³-hybridized carbons (Fsp3) is 0.333. The van der Waals surface area contributed by atoms with E-state index in [1.54, 1.807) is 12.1 Å². The SMILES string of the molecule is CCCc1ccc(Oc2c(C(F)(F)F)oc3c(C[NH+]4CCC(C)CC4)c(OC(=O)c4ccc(F)cc4)ccc3c2=O)cc1. The van der Waals surface area contributed by atoms with Crippen molar-refractivity contribution in [2.75, 3.05) is 13.1 Å². The van der Waals surface area contributed by atoms with E-state index in [0.717, 1.165) is 61.4 Å². The number of carbonyl (C=O) groups excluding carboxylic acids is 1. The van der Waals surface area contributed by atoms with Gasteiger partial charge in [-0.05, 0) is 79.3 Å². The number of esters is 1.